The van der Waals surface area contributed by atoms with Crippen LogP contribution in [0.2, 0.25) is 0 Å². The summed E-state index contributed by atoms with van der Waals surface area (Å²) < 4.78 is 7.07. The lowest BCUT2D eigenvalue weighted by molar-refractivity contribution is -0.140. The average Bonchev–Trinajstić information content (AvgIpc) is 3.46. The summed E-state index contributed by atoms with van der Waals surface area (Å²) in [7, 11) is 0. The van der Waals surface area contributed by atoms with Gasteiger partial charge in [-0.25, -0.2) is 4.68 Å². The van der Waals surface area contributed by atoms with E-state index in [1.807, 2.05) is 111 Å². The summed E-state index contributed by atoms with van der Waals surface area (Å²) in [6, 6.07) is 30.2. The van der Waals surface area contributed by atoms with Crippen molar-refractivity contribution in [2.45, 2.75) is 33.0 Å². The predicted molar refractivity (Wildman–Crippen MR) is 171 cm³/mol. The molecule has 2 heterocycles. The third kappa shape index (κ3) is 6.63. The molecule has 4 aromatic carbocycles. The zero-order valence-corrected chi connectivity index (χ0v) is 25.0. The number of hydrogen-bond acceptors (Lipinski definition) is 6. The van der Waals surface area contributed by atoms with Crippen LogP contribution in [0.4, 0.5) is 11.4 Å². The molecule has 0 spiro atoms. The van der Waals surface area contributed by atoms with Gasteiger partial charge in [0.1, 0.15) is 18.1 Å². The van der Waals surface area contributed by atoms with Gasteiger partial charge >= 0.3 is 0 Å². The first kappa shape index (κ1) is 29.1. The standard InChI is InChI=1S/C35H36N6O3/c1-25-7-11-27(12-8-25)23-40(33(42)24-41-32-6-4-3-5-31(32)37-38-41)34(28-13-9-26(2)10-14-28)35(43)36-29-15-17-30(18-16-29)39-19-21-44-22-20-39/h3-18,34H,19-24H2,1-2H3,(H,36,43)/t34-/m0/s1. The number of fused-ring (bicyclic) bond motifs is 1. The van der Waals surface area contributed by atoms with Crippen LogP contribution in [0.5, 0.6) is 0 Å². The van der Waals surface area contributed by atoms with E-state index in [2.05, 4.69) is 20.5 Å². The number of para-hydroxylation sites is 1. The van der Waals surface area contributed by atoms with Crippen molar-refractivity contribution in [2.24, 2.45) is 0 Å². The lowest BCUT2D eigenvalue weighted by Gasteiger charge is -2.32. The lowest BCUT2D eigenvalue weighted by Crippen LogP contribution is -2.42. The Bertz CT molecular complexity index is 1730. The van der Waals surface area contributed by atoms with E-state index in [-0.39, 0.29) is 24.9 Å². The van der Waals surface area contributed by atoms with Crippen LogP contribution in [0.1, 0.15) is 28.3 Å². The molecule has 0 radical (unpaired) electrons. The zero-order chi connectivity index (χ0) is 30.5. The molecule has 224 valence electrons. The minimum atomic E-state index is -0.891. The Kier molecular flexibility index (Phi) is 8.65. The third-order valence-electron chi connectivity index (χ3n) is 7.96. The SMILES string of the molecule is Cc1ccc(CN(C(=O)Cn2nnc3ccccc32)[C@H](C(=O)Nc2ccc(N3CCOCC3)cc2)c2ccc(C)cc2)cc1. The summed E-state index contributed by atoms with van der Waals surface area (Å²) in [5, 5.41) is 11.6. The second kappa shape index (κ2) is 13.1. The Morgan fingerprint density at radius 3 is 2.23 bits per heavy atom. The van der Waals surface area contributed by atoms with Crippen molar-refractivity contribution in [3.05, 3.63) is 119 Å². The van der Waals surface area contributed by atoms with Gasteiger partial charge in [0, 0.05) is 31.0 Å². The molecule has 1 atom stereocenters. The van der Waals surface area contributed by atoms with Crippen molar-refractivity contribution < 1.29 is 14.3 Å². The van der Waals surface area contributed by atoms with Gasteiger partial charge in [0.2, 0.25) is 5.91 Å². The molecule has 0 aliphatic carbocycles. The smallest absolute Gasteiger partial charge is 0.251 e. The summed E-state index contributed by atoms with van der Waals surface area (Å²) in [6.07, 6.45) is 0. The van der Waals surface area contributed by atoms with Gasteiger partial charge in [-0.2, -0.15) is 0 Å². The number of morpholine rings is 1. The van der Waals surface area contributed by atoms with Gasteiger partial charge in [-0.05, 0) is 61.4 Å². The molecule has 0 saturated carbocycles. The van der Waals surface area contributed by atoms with Crippen LogP contribution < -0.4 is 10.2 Å². The summed E-state index contributed by atoms with van der Waals surface area (Å²) in [6.45, 7) is 7.27. The second-order valence-electron chi connectivity index (χ2n) is 11.2. The quantitative estimate of drug-likeness (QED) is 0.252. The molecule has 5 aromatic rings. The fourth-order valence-corrected chi connectivity index (χ4v) is 5.48. The van der Waals surface area contributed by atoms with Crippen molar-refractivity contribution in [1.82, 2.24) is 19.9 Å². The Morgan fingerprint density at radius 1 is 0.864 bits per heavy atom. The van der Waals surface area contributed by atoms with Crippen molar-refractivity contribution >= 4 is 34.2 Å². The molecule has 6 rings (SSSR count). The maximum Gasteiger partial charge on any atom is 0.251 e. The van der Waals surface area contributed by atoms with Crippen LogP contribution in [0.25, 0.3) is 11.0 Å². The number of carbonyl (C=O) groups excluding carboxylic acids is 2. The van der Waals surface area contributed by atoms with Crippen LogP contribution in [0, 0.1) is 13.8 Å². The summed E-state index contributed by atoms with van der Waals surface area (Å²) >= 11 is 0. The number of benzene rings is 4. The number of anilines is 2. The molecule has 0 unspecified atom stereocenters. The van der Waals surface area contributed by atoms with Gasteiger partial charge in [-0.15, -0.1) is 5.10 Å². The first-order valence-corrected chi connectivity index (χ1v) is 14.9. The van der Waals surface area contributed by atoms with Gasteiger partial charge in [0.25, 0.3) is 5.91 Å². The molecule has 44 heavy (non-hydrogen) atoms. The topological polar surface area (TPSA) is 92.6 Å². The highest BCUT2D eigenvalue weighted by Crippen LogP contribution is 2.28. The molecule has 1 aliphatic heterocycles. The average molecular weight is 589 g/mol. The van der Waals surface area contributed by atoms with Gasteiger partial charge in [-0.1, -0.05) is 77.0 Å². The van der Waals surface area contributed by atoms with Gasteiger partial charge in [0.05, 0.1) is 18.7 Å². The number of nitrogens with zero attached hydrogens (tertiary/aromatic N) is 5. The van der Waals surface area contributed by atoms with Gasteiger partial charge in [-0.3, -0.25) is 9.59 Å². The van der Waals surface area contributed by atoms with E-state index in [1.54, 1.807) is 9.58 Å². The maximum atomic E-state index is 14.2. The summed E-state index contributed by atoms with van der Waals surface area (Å²) in [5.41, 5.74) is 7.04. The number of rotatable bonds is 9. The van der Waals surface area contributed by atoms with Crippen LogP contribution in [0.15, 0.2) is 97.1 Å². The van der Waals surface area contributed by atoms with Crippen LogP contribution in [0.3, 0.4) is 0 Å². The molecular weight excluding hydrogens is 552 g/mol. The van der Waals surface area contributed by atoms with Gasteiger partial charge < -0.3 is 19.9 Å². The molecule has 1 saturated heterocycles. The highest BCUT2D eigenvalue weighted by Gasteiger charge is 2.32. The molecule has 1 aliphatic rings. The van der Waals surface area contributed by atoms with Crippen molar-refractivity contribution in [2.75, 3.05) is 36.5 Å². The van der Waals surface area contributed by atoms with E-state index in [0.717, 1.165) is 46.5 Å². The first-order valence-electron chi connectivity index (χ1n) is 14.9. The van der Waals surface area contributed by atoms with Gasteiger partial charge in [0.15, 0.2) is 0 Å². The Balaban J connectivity index is 1.33. The number of aromatic nitrogens is 3. The normalized spacial score (nSPS) is 13.9. The zero-order valence-electron chi connectivity index (χ0n) is 25.0. The molecule has 9 nitrogen and oxygen atoms in total. The monoisotopic (exact) mass is 588 g/mol. The minimum Gasteiger partial charge on any atom is -0.378 e. The van der Waals surface area contributed by atoms with Crippen molar-refractivity contribution in [1.29, 1.82) is 0 Å². The largest absolute Gasteiger partial charge is 0.378 e. The van der Waals surface area contributed by atoms with E-state index in [9.17, 15) is 9.59 Å². The third-order valence-corrected chi connectivity index (χ3v) is 7.96. The van der Waals surface area contributed by atoms with E-state index in [1.165, 1.54) is 0 Å². The molecule has 9 heteroatoms. The van der Waals surface area contributed by atoms with Crippen molar-refractivity contribution in [3.63, 3.8) is 0 Å². The Hall–Kier alpha value is -5.02. The lowest BCUT2D eigenvalue weighted by atomic mass is 10.0. The highest BCUT2D eigenvalue weighted by molar-refractivity contribution is 5.98. The molecule has 1 fully saturated rings. The molecule has 2 amide bonds. The molecular formula is C35H36N6O3. The van der Waals surface area contributed by atoms with E-state index >= 15 is 0 Å². The minimum absolute atomic E-state index is 0.0593. The molecule has 1 aromatic heterocycles. The fourth-order valence-electron chi connectivity index (χ4n) is 5.48. The van der Waals surface area contributed by atoms with E-state index in [0.29, 0.717) is 24.4 Å². The fraction of sp³-hybridized carbons (Fsp3) is 0.257. The number of ether oxygens (including phenoxy) is 1. The Morgan fingerprint density at radius 2 is 1.52 bits per heavy atom. The predicted octanol–water partition coefficient (Wildman–Crippen LogP) is 5.29. The van der Waals surface area contributed by atoms with Crippen LogP contribution in [-0.2, 0) is 27.4 Å². The number of amides is 2. The number of nitrogens with one attached hydrogen (secondary N) is 1. The van der Waals surface area contributed by atoms with Crippen LogP contribution in [-0.4, -0.2) is 58.0 Å². The summed E-state index contributed by atoms with van der Waals surface area (Å²) in [4.78, 5) is 32.4. The maximum absolute atomic E-state index is 14.2. The number of aryl methyl sites for hydroxylation is 2. The first-order chi connectivity index (χ1) is 21.4. The Labute approximate surface area is 257 Å². The molecule has 1 N–H and O–H groups in total. The van der Waals surface area contributed by atoms with E-state index < -0.39 is 6.04 Å². The molecule has 0 bridgehead atoms. The number of hydrogen-bond donors (Lipinski definition) is 1. The van der Waals surface area contributed by atoms with Crippen molar-refractivity contribution in [3.8, 4) is 0 Å². The second-order valence-corrected chi connectivity index (χ2v) is 11.2. The summed E-state index contributed by atoms with van der Waals surface area (Å²) in [5.74, 6) is -0.540. The van der Waals surface area contributed by atoms with Crippen LogP contribution >= 0.6 is 0 Å². The van der Waals surface area contributed by atoms with E-state index in [4.69, 9.17) is 4.74 Å². The number of carbonyl (C=O) groups is 2. The highest BCUT2D eigenvalue weighted by atomic mass is 16.5.